The van der Waals surface area contributed by atoms with Crippen LogP contribution in [-0.2, 0) is 9.63 Å². The van der Waals surface area contributed by atoms with Gasteiger partial charge in [-0.15, -0.1) is 0 Å². The molecular formula is C12H11N5O3. The zero-order chi connectivity index (χ0) is 13.7. The first-order chi connectivity index (χ1) is 9.74. The number of aromatic nitrogens is 3. The summed E-state index contributed by atoms with van der Waals surface area (Å²) in [6, 6.07) is 1.91. The predicted octanol–water partition coefficient (Wildman–Crippen LogP) is 0.233. The first kappa shape index (κ1) is 11.2. The molecule has 2 aliphatic rings. The highest BCUT2D eigenvalue weighted by Crippen LogP contribution is 2.32. The third kappa shape index (κ3) is 1.47. The third-order valence-electron chi connectivity index (χ3n) is 3.76. The van der Waals surface area contributed by atoms with Crippen LogP contribution in [0.25, 0.3) is 11.0 Å². The smallest absolute Gasteiger partial charge is 0.354 e. The predicted molar refractivity (Wildman–Crippen MR) is 69.5 cm³/mol. The Morgan fingerprint density at radius 1 is 1.45 bits per heavy atom. The van der Waals surface area contributed by atoms with E-state index in [0.29, 0.717) is 13.1 Å². The number of fused-ring (bicyclic) bond motifs is 2. The maximum atomic E-state index is 11.1. The van der Waals surface area contributed by atoms with Crippen LogP contribution in [0, 0.1) is 5.92 Å². The monoisotopic (exact) mass is 273 g/mol. The second kappa shape index (κ2) is 3.92. The van der Waals surface area contributed by atoms with Gasteiger partial charge in [-0.2, -0.15) is 0 Å². The SMILES string of the molecule is O=C(O)C1=NOC2CN(c3ncnc4[nH]ccc34)CC12. The van der Waals surface area contributed by atoms with Crippen molar-refractivity contribution in [2.75, 3.05) is 18.0 Å². The van der Waals surface area contributed by atoms with Crippen molar-refractivity contribution < 1.29 is 14.7 Å². The molecule has 0 saturated carbocycles. The number of hydrogen-bond acceptors (Lipinski definition) is 6. The van der Waals surface area contributed by atoms with E-state index in [1.807, 2.05) is 11.0 Å². The Balaban J connectivity index is 1.68. The molecule has 8 heteroatoms. The number of oxime groups is 1. The van der Waals surface area contributed by atoms with Gasteiger partial charge in [0.05, 0.1) is 17.8 Å². The van der Waals surface area contributed by atoms with Crippen molar-refractivity contribution >= 4 is 28.5 Å². The number of aromatic amines is 1. The molecule has 20 heavy (non-hydrogen) atoms. The van der Waals surface area contributed by atoms with Gasteiger partial charge in [0.2, 0.25) is 0 Å². The van der Waals surface area contributed by atoms with Crippen molar-refractivity contribution in [2.24, 2.45) is 11.1 Å². The molecule has 2 unspecified atom stereocenters. The number of anilines is 1. The summed E-state index contributed by atoms with van der Waals surface area (Å²) in [4.78, 5) is 29.8. The molecule has 2 atom stereocenters. The van der Waals surface area contributed by atoms with E-state index >= 15 is 0 Å². The lowest BCUT2D eigenvalue weighted by molar-refractivity contribution is -0.129. The average Bonchev–Trinajstić information content (AvgIpc) is 3.11. The van der Waals surface area contributed by atoms with E-state index in [1.54, 1.807) is 6.20 Å². The van der Waals surface area contributed by atoms with Gasteiger partial charge in [-0.3, -0.25) is 0 Å². The molecule has 8 nitrogen and oxygen atoms in total. The van der Waals surface area contributed by atoms with Gasteiger partial charge in [0.1, 0.15) is 17.8 Å². The van der Waals surface area contributed by atoms with E-state index in [4.69, 9.17) is 9.94 Å². The maximum Gasteiger partial charge on any atom is 0.354 e. The van der Waals surface area contributed by atoms with Gasteiger partial charge in [0.25, 0.3) is 0 Å². The number of carbonyl (C=O) groups is 1. The van der Waals surface area contributed by atoms with Crippen molar-refractivity contribution in [3.63, 3.8) is 0 Å². The number of carboxylic acids is 1. The fourth-order valence-electron chi connectivity index (χ4n) is 2.82. The number of aliphatic carboxylic acids is 1. The van der Waals surface area contributed by atoms with Gasteiger partial charge >= 0.3 is 5.97 Å². The molecule has 2 N–H and O–H groups in total. The highest BCUT2D eigenvalue weighted by Gasteiger charge is 2.45. The van der Waals surface area contributed by atoms with Crippen molar-refractivity contribution in [3.05, 3.63) is 18.6 Å². The molecule has 2 aromatic heterocycles. The third-order valence-corrected chi connectivity index (χ3v) is 3.76. The van der Waals surface area contributed by atoms with Crippen LogP contribution >= 0.6 is 0 Å². The Morgan fingerprint density at radius 3 is 3.20 bits per heavy atom. The first-order valence-electron chi connectivity index (χ1n) is 6.24. The molecular weight excluding hydrogens is 262 g/mol. The van der Waals surface area contributed by atoms with Crippen LogP contribution in [0.1, 0.15) is 0 Å². The second-order valence-corrected chi connectivity index (χ2v) is 4.87. The van der Waals surface area contributed by atoms with Gasteiger partial charge < -0.3 is 19.8 Å². The van der Waals surface area contributed by atoms with Crippen LogP contribution in [-0.4, -0.2) is 50.9 Å². The Morgan fingerprint density at radius 2 is 2.35 bits per heavy atom. The number of rotatable bonds is 2. The van der Waals surface area contributed by atoms with Gasteiger partial charge in [0, 0.05) is 12.7 Å². The Kier molecular flexibility index (Phi) is 2.20. The van der Waals surface area contributed by atoms with E-state index < -0.39 is 5.97 Å². The summed E-state index contributed by atoms with van der Waals surface area (Å²) in [6.45, 7) is 1.11. The van der Waals surface area contributed by atoms with Crippen LogP contribution in [0.15, 0.2) is 23.7 Å². The van der Waals surface area contributed by atoms with Crippen LogP contribution in [0.5, 0.6) is 0 Å². The number of carboxylic acid groups (broad SMARTS) is 1. The summed E-state index contributed by atoms with van der Waals surface area (Å²) in [5.74, 6) is -0.440. The molecule has 0 amide bonds. The molecule has 4 heterocycles. The minimum absolute atomic E-state index is 0.0943. The minimum Gasteiger partial charge on any atom is -0.477 e. The molecule has 1 saturated heterocycles. The fourth-order valence-corrected chi connectivity index (χ4v) is 2.82. The van der Waals surface area contributed by atoms with Crippen molar-refractivity contribution in [1.82, 2.24) is 15.0 Å². The molecule has 4 rings (SSSR count). The summed E-state index contributed by atoms with van der Waals surface area (Å²) in [5.41, 5.74) is 0.858. The van der Waals surface area contributed by atoms with E-state index in [1.165, 1.54) is 6.33 Å². The van der Waals surface area contributed by atoms with Gasteiger partial charge in [-0.05, 0) is 6.07 Å². The molecule has 2 aromatic rings. The first-order valence-corrected chi connectivity index (χ1v) is 6.24. The highest BCUT2D eigenvalue weighted by atomic mass is 16.6. The largest absolute Gasteiger partial charge is 0.477 e. The molecule has 0 radical (unpaired) electrons. The Hall–Kier alpha value is -2.64. The number of hydrogen-bond donors (Lipinski definition) is 2. The molecule has 0 bridgehead atoms. The molecule has 102 valence electrons. The highest BCUT2D eigenvalue weighted by molar-refractivity contribution is 6.37. The standard InChI is InChI=1S/C12H11N5O3/c18-12(19)9-7-3-17(4-8(7)20-16-9)11-6-1-2-13-10(6)14-5-15-11/h1-2,5,7-8H,3-4H2,(H,18,19)(H,13,14,15). The van der Waals surface area contributed by atoms with Crippen LogP contribution in [0.3, 0.4) is 0 Å². The van der Waals surface area contributed by atoms with Gasteiger partial charge in [-0.25, -0.2) is 14.8 Å². The average molecular weight is 273 g/mol. The van der Waals surface area contributed by atoms with Crippen LogP contribution in [0.4, 0.5) is 5.82 Å². The maximum absolute atomic E-state index is 11.1. The lowest BCUT2D eigenvalue weighted by Crippen LogP contribution is -2.27. The van der Waals surface area contributed by atoms with E-state index in [0.717, 1.165) is 16.9 Å². The van der Waals surface area contributed by atoms with Gasteiger partial charge in [0.15, 0.2) is 11.8 Å². The van der Waals surface area contributed by atoms with E-state index in [-0.39, 0.29) is 17.7 Å². The Labute approximate surface area is 113 Å². The zero-order valence-corrected chi connectivity index (χ0v) is 10.4. The number of nitrogens with zero attached hydrogens (tertiary/aromatic N) is 4. The van der Waals surface area contributed by atoms with Gasteiger partial charge in [-0.1, -0.05) is 5.16 Å². The molecule has 0 spiro atoms. The van der Waals surface area contributed by atoms with Crippen molar-refractivity contribution in [2.45, 2.75) is 6.10 Å². The van der Waals surface area contributed by atoms with E-state index in [2.05, 4.69) is 20.1 Å². The van der Waals surface area contributed by atoms with Crippen LogP contribution in [0.2, 0.25) is 0 Å². The molecule has 0 aromatic carbocycles. The van der Waals surface area contributed by atoms with E-state index in [9.17, 15) is 4.79 Å². The van der Waals surface area contributed by atoms with Crippen LogP contribution < -0.4 is 4.90 Å². The molecule has 0 aliphatic carbocycles. The Bertz CT molecular complexity index is 725. The quantitative estimate of drug-likeness (QED) is 0.812. The fraction of sp³-hybridized carbons (Fsp3) is 0.333. The summed E-state index contributed by atoms with van der Waals surface area (Å²) in [6.07, 6.45) is 3.08. The summed E-state index contributed by atoms with van der Waals surface area (Å²) >= 11 is 0. The normalized spacial score (nSPS) is 24.6. The second-order valence-electron chi connectivity index (χ2n) is 4.87. The lowest BCUT2D eigenvalue weighted by Gasteiger charge is -2.17. The summed E-state index contributed by atoms with van der Waals surface area (Å²) in [5, 5.41) is 13.7. The minimum atomic E-state index is -1.02. The summed E-state index contributed by atoms with van der Waals surface area (Å²) in [7, 11) is 0. The number of nitrogens with one attached hydrogen (secondary N) is 1. The van der Waals surface area contributed by atoms with Crippen molar-refractivity contribution in [1.29, 1.82) is 0 Å². The summed E-state index contributed by atoms with van der Waals surface area (Å²) < 4.78 is 0. The van der Waals surface area contributed by atoms with Crippen molar-refractivity contribution in [3.8, 4) is 0 Å². The lowest BCUT2D eigenvalue weighted by atomic mass is 10.0. The number of H-pyrrole nitrogens is 1. The topological polar surface area (TPSA) is 104 Å². The zero-order valence-electron chi connectivity index (χ0n) is 10.4. The molecule has 2 aliphatic heterocycles. The molecule has 1 fully saturated rings.